The van der Waals surface area contributed by atoms with E-state index < -0.39 is 10.0 Å². The van der Waals surface area contributed by atoms with Gasteiger partial charge in [0.15, 0.2) is 0 Å². The molecule has 12 heavy (non-hydrogen) atoms. The van der Waals surface area contributed by atoms with Crippen LogP contribution in [0.15, 0.2) is 29.2 Å². The monoisotopic (exact) mass is 227 g/mol. The molecule has 0 unspecified atom stereocenters. The number of halogens is 2. The normalized spacial score (nSPS) is 10.5. The van der Waals surface area contributed by atoms with Gasteiger partial charge in [0, 0.05) is 0 Å². The van der Waals surface area contributed by atoms with Gasteiger partial charge in [0.2, 0.25) is 10.0 Å². The van der Waals surface area contributed by atoms with E-state index in [9.17, 15) is 8.42 Å². The Morgan fingerprint density at radius 2 is 1.75 bits per heavy atom. The lowest BCUT2D eigenvalue weighted by molar-refractivity contribution is 0.598. The lowest BCUT2D eigenvalue weighted by Gasteiger charge is -1.98. The van der Waals surface area contributed by atoms with Crippen LogP contribution >= 0.6 is 24.0 Å². The third-order valence-corrected chi connectivity index (χ3v) is 2.55. The van der Waals surface area contributed by atoms with Crippen molar-refractivity contribution in [2.45, 2.75) is 4.90 Å². The standard InChI is InChI=1S/C6H6ClNO2S.ClH/c7-5-3-1-2-4-6(5)11(8,9)10;/h1-4H,(H2,8,9,10);1H. The quantitative estimate of drug-likeness (QED) is 0.789. The molecule has 0 spiro atoms. The van der Waals surface area contributed by atoms with Crippen molar-refractivity contribution < 1.29 is 8.42 Å². The highest BCUT2D eigenvalue weighted by Crippen LogP contribution is 2.18. The van der Waals surface area contributed by atoms with Gasteiger partial charge >= 0.3 is 0 Å². The molecule has 1 aromatic rings. The maximum atomic E-state index is 10.7. The summed E-state index contributed by atoms with van der Waals surface area (Å²) in [6.07, 6.45) is 0. The fraction of sp³-hybridized carbons (Fsp3) is 0. The molecule has 68 valence electrons. The molecule has 1 rings (SSSR count). The van der Waals surface area contributed by atoms with Crippen LogP contribution in [0.4, 0.5) is 0 Å². The number of hydrogen-bond donors (Lipinski definition) is 1. The van der Waals surface area contributed by atoms with Crippen LogP contribution in [-0.2, 0) is 10.0 Å². The van der Waals surface area contributed by atoms with Crippen molar-refractivity contribution in [1.29, 1.82) is 0 Å². The van der Waals surface area contributed by atoms with Crippen LogP contribution in [0.3, 0.4) is 0 Å². The summed E-state index contributed by atoms with van der Waals surface area (Å²) in [6.45, 7) is 0. The van der Waals surface area contributed by atoms with Crippen molar-refractivity contribution in [2.75, 3.05) is 0 Å². The van der Waals surface area contributed by atoms with Crippen LogP contribution in [0.2, 0.25) is 5.02 Å². The van der Waals surface area contributed by atoms with Gasteiger partial charge in [-0.3, -0.25) is 0 Å². The largest absolute Gasteiger partial charge is 0.239 e. The summed E-state index contributed by atoms with van der Waals surface area (Å²) in [6, 6.07) is 6.03. The SMILES string of the molecule is Cl.NS(=O)(=O)c1ccccc1Cl. The first kappa shape index (κ1) is 11.7. The van der Waals surface area contributed by atoms with Crippen molar-refractivity contribution in [3.63, 3.8) is 0 Å². The van der Waals surface area contributed by atoms with Crippen molar-refractivity contribution in [2.24, 2.45) is 5.14 Å². The average Bonchev–Trinajstić information content (AvgIpc) is 1.86. The Hall–Kier alpha value is -0.290. The van der Waals surface area contributed by atoms with E-state index in [0.29, 0.717) is 0 Å². The predicted molar refractivity (Wildman–Crippen MR) is 50.1 cm³/mol. The van der Waals surface area contributed by atoms with E-state index in [1.165, 1.54) is 12.1 Å². The first-order valence-electron chi connectivity index (χ1n) is 2.79. The van der Waals surface area contributed by atoms with Gasteiger partial charge in [-0.05, 0) is 12.1 Å². The van der Waals surface area contributed by atoms with Gasteiger partial charge in [-0.15, -0.1) is 12.4 Å². The summed E-state index contributed by atoms with van der Waals surface area (Å²) in [4.78, 5) is -0.0401. The van der Waals surface area contributed by atoms with Gasteiger partial charge in [-0.1, -0.05) is 23.7 Å². The Labute approximate surface area is 82.0 Å². The molecule has 2 N–H and O–H groups in total. The van der Waals surface area contributed by atoms with Crippen LogP contribution in [0, 0.1) is 0 Å². The molecule has 3 nitrogen and oxygen atoms in total. The number of rotatable bonds is 1. The highest BCUT2D eigenvalue weighted by molar-refractivity contribution is 7.89. The Balaban J connectivity index is 0.00000121. The molecule has 0 atom stereocenters. The van der Waals surface area contributed by atoms with E-state index in [0.717, 1.165) is 0 Å². The fourth-order valence-electron chi connectivity index (χ4n) is 0.675. The predicted octanol–water partition coefficient (Wildman–Crippen LogP) is 1.41. The summed E-state index contributed by atoms with van der Waals surface area (Å²) in [5.41, 5.74) is 0. The second kappa shape index (κ2) is 4.09. The van der Waals surface area contributed by atoms with Gasteiger partial charge in [0.25, 0.3) is 0 Å². The first-order valence-corrected chi connectivity index (χ1v) is 4.71. The Morgan fingerprint density at radius 1 is 1.25 bits per heavy atom. The molecule has 0 aromatic heterocycles. The molecular formula is C6H7Cl2NO2S. The van der Waals surface area contributed by atoms with Gasteiger partial charge in [0.05, 0.1) is 5.02 Å². The number of nitrogens with two attached hydrogens (primary N) is 1. The summed E-state index contributed by atoms with van der Waals surface area (Å²) >= 11 is 5.55. The highest BCUT2D eigenvalue weighted by Gasteiger charge is 2.10. The third-order valence-electron chi connectivity index (χ3n) is 1.14. The smallest absolute Gasteiger partial charge is 0.225 e. The molecule has 1 aromatic carbocycles. The average molecular weight is 228 g/mol. The topological polar surface area (TPSA) is 60.2 Å². The van der Waals surface area contributed by atoms with E-state index in [1.54, 1.807) is 12.1 Å². The van der Waals surface area contributed by atoms with E-state index in [2.05, 4.69) is 0 Å². The van der Waals surface area contributed by atoms with E-state index in [-0.39, 0.29) is 22.3 Å². The zero-order valence-electron chi connectivity index (χ0n) is 5.90. The summed E-state index contributed by atoms with van der Waals surface area (Å²) in [7, 11) is -3.67. The summed E-state index contributed by atoms with van der Waals surface area (Å²) in [5, 5.41) is 4.99. The minimum Gasteiger partial charge on any atom is -0.225 e. The van der Waals surface area contributed by atoms with Crippen LogP contribution in [0.25, 0.3) is 0 Å². The number of primary sulfonamides is 1. The van der Waals surface area contributed by atoms with E-state index >= 15 is 0 Å². The number of hydrogen-bond acceptors (Lipinski definition) is 2. The lowest BCUT2D eigenvalue weighted by Crippen LogP contribution is -2.12. The second-order valence-electron chi connectivity index (χ2n) is 1.98. The van der Waals surface area contributed by atoms with Crippen molar-refractivity contribution in [3.8, 4) is 0 Å². The zero-order chi connectivity index (χ0) is 8.48. The van der Waals surface area contributed by atoms with Gasteiger partial charge in [-0.25, -0.2) is 13.6 Å². The van der Waals surface area contributed by atoms with Gasteiger partial charge in [-0.2, -0.15) is 0 Å². The maximum Gasteiger partial charge on any atom is 0.239 e. The van der Waals surface area contributed by atoms with E-state index in [1.807, 2.05) is 0 Å². The molecular weight excluding hydrogens is 221 g/mol. The van der Waals surface area contributed by atoms with Crippen molar-refractivity contribution in [1.82, 2.24) is 0 Å². The fourth-order valence-corrected chi connectivity index (χ4v) is 1.74. The third kappa shape index (κ3) is 2.64. The van der Waals surface area contributed by atoms with Crippen LogP contribution < -0.4 is 5.14 Å². The maximum absolute atomic E-state index is 10.7. The second-order valence-corrected chi connectivity index (χ2v) is 3.91. The first-order chi connectivity index (χ1) is 5.02. The van der Waals surface area contributed by atoms with Crippen LogP contribution in [0.5, 0.6) is 0 Å². The number of benzene rings is 1. The van der Waals surface area contributed by atoms with Gasteiger partial charge in [0.1, 0.15) is 4.90 Å². The molecule has 0 aliphatic rings. The molecule has 0 radical (unpaired) electrons. The molecule has 0 saturated carbocycles. The molecule has 6 heteroatoms. The molecule has 0 saturated heterocycles. The number of sulfonamides is 1. The van der Waals surface area contributed by atoms with Crippen molar-refractivity contribution in [3.05, 3.63) is 29.3 Å². The van der Waals surface area contributed by atoms with Crippen molar-refractivity contribution >= 4 is 34.0 Å². The zero-order valence-corrected chi connectivity index (χ0v) is 8.29. The van der Waals surface area contributed by atoms with Gasteiger partial charge < -0.3 is 0 Å². The Morgan fingerprint density at radius 3 is 2.08 bits per heavy atom. The highest BCUT2D eigenvalue weighted by atomic mass is 35.5. The molecule has 0 bridgehead atoms. The molecule has 0 fully saturated rings. The lowest BCUT2D eigenvalue weighted by atomic mass is 10.4. The minimum absolute atomic E-state index is 0. The molecule has 0 aliphatic carbocycles. The minimum atomic E-state index is -3.67. The summed E-state index contributed by atoms with van der Waals surface area (Å²) < 4.78 is 21.5. The Bertz CT molecular complexity index is 364. The Kier molecular flexibility index (Phi) is 3.99. The molecule has 0 heterocycles. The van der Waals surface area contributed by atoms with Crippen LogP contribution in [-0.4, -0.2) is 8.42 Å². The summed E-state index contributed by atoms with van der Waals surface area (Å²) in [5.74, 6) is 0. The molecule has 0 amide bonds. The van der Waals surface area contributed by atoms with Crippen LogP contribution in [0.1, 0.15) is 0 Å². The van der Waals surface area contributed by atoms with E-state index in [4.69, 9.17) is 16.7 Å². The molecule has 0 aliphatic heterocycles.